The summed E-state index contributed by atoms with van der Waals surface area (Å²) in [7, 11) is 1.72. The molecular formula is C74H86N2O11. The molecule has 0 aromatic heterocycles. The largest absolute Gasteiger partial charge is 0.508 e. The van der Waals surface area contributed by atoms with E-state index < -0.39 is 47.9 Å². The molecule has 4 bridgehead atoms. The molecule has 13 heteroatoms. The predicted molar refractivity (Wildman–Crippen MR) is 331 cm³/mol. The summed E-state index contributed by atoms with van der Waals surface area (Å²) in [5.74, 6) is 8.41. The predicted octanol–water partition coefficient (Wildman–Crippen LogP) is 12.8. The highest BCUT2D eigenvalue weighted by molar-refractivity contribution is 5.96. The van der Waals surface area contributed by atoms with Crippen molar-refractivity contribution in [1.29, 1.82) is 0 Å². The van der Waals surface area contributed by atoms with Crippen LogP contribution >= 0.6 is 0 Å². The van der Waals surface area contributed by atoms with Crippen molar-refractivity contribution in [1.82, 2.24) is 10.6 Å². The van der Waals surface area contributed by atoms with Gasteiger partial charge in [0.05, 0.1) is 54.2 Å². The zero-order valence-electron chi connectivity index (χ0n) is 50.4. The molecule has 87 heavy (non-hydrogen) atoms. The molecule has 4 aliphatic heterocycles. The number of aromatic hydroxyl groups is 3. The van der Waals surface area contributed by atoms with Gasteiger partial charge < -0.3 is 54.0 Å². The first-order chi connectivity index (χ1) is 42.4. The average molecular weight is 1180 g/mol. The van der Waals surface area contributed by atoms with Crippen LogP contribution in [0.3, 0.4) is 0 Å². The second kappa shape index (κ2) is 21.6. The number of fused-ring (bicyclic) bond motifs is 7. The van der Waals surface area contributed by atoms with Crippen molar-refractivity contribution in [2.24, 2.45) is 45.8 Å². The van der Waals surface area contributed by atoms with Crippen molar-refractivity contribution in [2.75, 3.05) is 33.5 Å². The number of rotatable bonds is 10. The van der Waals surface area contributed by atoms with E-state index in [-0.39, 0.29) is 70.8 Å². The summed E-state index contributed by atoms with van der Waals surface area (Å²) in [5, 5.41) is 69.6. The monoisotopic (exact) mass is 1180 g/mol. The standard InChI is InChI=1S/C74H86N2O11/c1-82-29-10-16-62-64(60-40-84-66-46(34-53(37-58(66)65(60)81)85-52-14-2-3-15-52)31-45-33-50(78)18-21-54(45)44-11-8-13-49(77)32-44)68-59-38-63(57-36-51(79)19-22-55(57)67(59)86-62)83-30-9-12-48-39-75-73(76-74(48)47-17-20-56(61(80)35-47)69(74)87-68)42-71(25-6-7-26-71)72(43-73)28-27-70(41-72)23-4-5-24-70/h8,11,13,17-22,32-34,36-38,47-48,52,56,60-62,64-65,68-69,75-81H,2-7,10,14-16,23-31,35,39-43H2,1H3. The van der Waals surface area contributed by atoms with Crippen LogP contribution in [0.4, 0.5) is 0 Å². The van der Waals surface area contributed by atoms with Crippen molar-refractivity contribution in [3.05, 3.63) is 113 Å². The van der Waals surface area contributed by atoms with Gasteiger partial charge in [0.25, 0.3) is 0 Å². The Bertz CT molecular complexity index is 3570. The summed E-state index contributed by atoms with van der Waals surface area (Å²) >= 11 is 0. The van der Waals surface area contributed by atoms with Gasteiger partial charge in [0, 0.05) is 77.8 Å². The molecule has 1 saturated heterocycles. The molecule has 5 aromatic rings. The fourth-order valence-electron chi connectivity index (χ4n) is 20.6. The number of hydrogen-bond acceptors (Lipinski definition) is 13. The normalized spacial score (nSPS) is 34.8. The maximum atomic E-state index is 13.7. The van der Waals surface area contributed by atoms with Crippen molar-refractivity contribution in [3.8, 4) is 63.2 Å². The van der Waals surface area contributed by atoms with Crippen molar-refractivity contribution < 1.29 is 54.0 Å². The smallest absolute Gasteiger partial charge is 0.149 e. The number of aliphatic hydroxyl groups excluding tert-OH is 2. The molecule has 17 rings (SSSR count). The molecule has 6 saturated carbocycles. The number of methoxy groups -OCH3 is 1. The Balaban J connectivity index is 0.843. The summed E-state index contributed by atoms with van der Waals surface area (Å²) in [6.45, 7) is 1.43. The SMILES string of the molecule is COCCCC1Oc2c3cc(c4cc(O)ccc24)OCC#CC2CNC4(CC5(CCCC5)C5(CCC6(CCCC6)C5)C4)NC24C2C=CC(C(O)C2)C4OC3C1C1COc2c(Cc3cc(O)ccc3-c3cccc(O)c3)cc(OC3CCCC3)cc2C1O. The van der Waals surface area contributed by atoms with Gasteiger partial charge in [-0.05, 0) is 196 Å². The van der Waals surface area contributed by atoms with Gasteiger partial charge in [0.15, 0.2) is 0 Å². The first-order valence-corrected chi connectivity index (χ1v) is 33.2. The highest BCUT2D eigenvalue weighted by atomic mass is 16.5. The van der Waals surface area contributed by atoms with Crippen LogP contribution in [0.5, 0.6) is 40.2 Å². The van der Waals surface area contributed by atoms with E-state index in [0.29, 0.717) is 78.2 Å². The molecule has 7 N–H and O–H groups in total. The maximum Gasteiger partial charge on any atom is 0.149 e. The molecule has 13 unspecified atom stereocenters. The summed E-state index contributed by atoms with van der Waals surface area (Å²) in [5.41, 5.74) is 4.60. The van der Waals surface area contributed by atoms with Crippen LogP contribution in [0.15, 0.2) is 91.0 Å². The molecule has 5 aromatic carbocycles. The Morgan fingerprint density at radius 2 is 1.54 bits per heavy atom. The Kier molecular flexibility index (Phi) is 14.0. The molecule has 13 atom stereocenters. The Morgan fingerprint density at radius 1 is 0.736 bits per heavy atom. The first kappa shape index (κ1) is 56.3. The van der Waals surface area contributed by atoms with Crippen molar-refractivity contribution in [3.63, 3.8) is 0 Å². The quantitative estimate of drug-likeness (QED) is 0.0399. The van der Waals surface area contributed by atoms with Crippen LogP contribution in [0.2, 0.25) is 0 Å². The summed E-state index contributed by atoms with van der Waals surface area (Å²) < 4.78 is 42.7. The van der Waals surface area contributed by atoms with E-state index in [0.717, 1.165) is 71.7 Å². The third kappa shape index (κ3) is 9.29. The number of aliphatic hydroxyl groups is 2. The lowest BCUT2D eigenvalue weighted by molar-refractivity contribution is -0.209. The maximum absolute atomic E-state index is 13.7. The topological polar surface area (TPSA) is 181 Å². The van der Waals surface area contributed by atoms with Gasteiger partial charge in [-0.2, -0.15) is 0 Å². The number of ether oxygens (including phenoxy) is 6. The minimum Gasteiger partial charge on any atom is -0.508 e. The van der Waals surface area contributed by atoms with Gasteiger partial charge in [0.1, 0.15) is 53.0 Å². The molecule has 12 aliphatic rings. The number of hydrogen-bond donors (Lipinski definition) is 7. The molecule has 0 radical (unpaired) electrons. The van der Waals surface area contributed by atoms with Gasteiger partial charge in [-0.3, -0.25) is 10.6 Å². The third-order valence-electron chi connectivity index (χ3n) is 24.3. The van der Waals surface area contributed by atoms with Crippen LogP contribution in [0.1, 0.15) is 163 Å². The van der Waals surface area contributed by atoms with Gasteiger partial charge >= 0.3 is 0 Å². The van der Waals surface area contributed by atoms with Crippen LogP contribution < -0.4 is 29.6 Å². The molecular weight excluding hydrogens is 1090 g/mol. The molecule has 5 spiro atoms. The molecule has 7 fully saturated rings. The second-order valence-corrected chi connectivity index (χ2v) is 28.9. The summed E-state index contributed by atoms with van der Waals surface area (Å²) in [6.07, 6.45) is 24.1. The Hall–Kier alpha value is -5.98. The van der Waals surface area contributed by atoms with Crippen molar-refractivity contribution >= 4 is 10.8 Å². The minimum absolute atomic E-state index is 0.0301. The van der Waals surface area contributed by atoms with E-state index in [2.05, 4.69) is 34.6 Å². The zero-order chi connectivity index (χ0) is 58.9. The molecule has 458 valence electrons. The highest BCUT2D eigenvalue weighted by Crippen LogP contribution is 2.75. The number of phenolic OH excluding ortho intramolecular Hbond substituents is 3. The van der Waals surface area contributed by atoms with Crippen LogP contribution in [-0.4, -0.2) is 94.6 Å². The molecule has 4 heterocycles. The van der Waals surface area contributed by atoms with Gasteiger partial charge in [-0.1, -0.05) is 67.9 Å². The summed E-state index contributed by atoms with van der Waals surface area (Å²) in [6, 6.07) is 23.9. The average Bonchev–Trinajstić information content (AvgIpc) is 1.69. The van der Waals surface area contributed by atoms with E-state index in [1.54, 1.807) is 43.5 Å². The zero-order valence-corrected chi connectivity index (χ0v) is 50.4. The number of phenols is 3. The van der Waals surface area contributed by atoms with E-state index in [1.807, 2.05) is 42.5 Å². The first-order valence-electron chi connectivity index (χ1n) is 33.2. The van der Waals surface area contributed by atoms with E-state index in [4.69, 9.17) is 28.4 Å². The van der Waals surface area contributed by atoms with E-state index in [9.17, 15) is 25.5 Å². The fourth-order valence-corrected chi connectivity index (χ4v) is 20.6. The third-order valence-corrected chi connectivity index (χ3v) is 24.3. The van der Waals surface area contributed by atoms with E-state index in [1.165, 1.54) is 70.6 Å². The summed E-state index contributed by atoms with van der Waals surface area (Å²) in [4.78, 5) is 0. The Morgan fingerprint density at radius 3 is 2.37 bits per heavy atom. The van der Waals surface area contributed by atoms with Gasteiger partial charge in [-0.15, -0.1) is 0 Å². The van der Waals surface area contributed by atoms with Crippen LogP contribution in [0, 0.1) is 57.7 Å². The van der Waals surface area contributed by atoms with Crippen LogP contribution in [-0.2, 0) is 15.9 Å². The molecule has 13 nitrogen and oxygen atoms in total. The van der Waals surface area contributed by atoms with E-state index >= 15 is 0 Å². The van der Waals surface area contributed by atoms with Gasteiger partial charge in [0.2, 0.25) is 0 Å². The molecule has 0 amide bonds. The highest BCUT2D eigenvalue weighted by Gasteiger charge is 2.72. The lowest BCUT2D eigenvalue weighted by atomic mass is 9.55. The van der Waals surface area contributed by atoms with Crippen molar-refractivity contribution in [2.45, 2.75) is 183 Å². The minimum atomic E-state index is -1.08. The Labute approximate surface area is 511 Å². The fraction of sp³-hybridized carbons (Fsp3) is 0.568. The molecule has 8 aliphatic carbocycles. The van der Waals surface area contributed by atoms with Gasteiger partial charge in [-0.25, -0.2) is 0 Å². The lowest BCUT2D eigenvalue weighted by Crippen LogP contribution is -2.82. The lowest BCUT2D eigenvalue weighted by Gasteiger charge is -2.64. The number of benzene rings is 5. The van der Waals surface area contributed by atoms with Crippen LogP contribution in [0.25, 0.3) is 21.9 Å². The second-order valence-electron chi connectivity index (χ2n) is 28.9. The number of nitrogens with one attached hydrogen (secondary N) is 2.